The molecule has 1 aliphatic carbocycles. The van der Waals surface area contributed by atoms with Crippen LogP contribution in [0.5, 0.6) is 11.5 Å². The fourth-order valence-corrected chi connectivity index (χ4v) is 2.17. The summed E-state index contributed by atoms with van der Waals surface area (Å²) in [6.45, 7) is 0.280. The largest absolute Gasteiger partial charge is 0.507 e. The van der Waals surface area contributed by atoms with Crippen LogP contribution in [0.2, 0.25) is 0 Å². The number of phenols is 1. The molecule has 0 atom stereocenters. The van der Waals surface area contributed by atoms with Gasteiger partial charge in [-0.25, -0.2) is 0 Å². The Bertz CT molecular complexity index is 467. The summed E-state index contributed by atoms with van der Waals surface area (Å²) in [4.78, 5) is 0. The Morgan fingerprint density at radius 3 is 2.39 bits per heavy atom. The summed E-state index contributed by atoms with van der Waals surface area (Å²) < 4.78 is 42.8. The van der Waals surface area contributed by atoms with Gasteiger partial charge in [-0.2, -0.15) is 13.2 Å². The topological polar surface area (TPSA) is 55.5 Å². The lowest BCUT2D eigenvalue weighted by atomic mass is 9.92. The zero-order valence-corrected chi connectivity index (χ0v) is 9.84. The lowest BCUT2D eigenvalue weighted by Crippen LogP contribution is -2.21. The van der Waals surface area contributed by atoms with Crippen molar-refractivity contribution in [3.63, 3.8) is 0 Å². The van der Waals surface area contributed by atoms with Crippen LogP contribution in [0.1, 0.15) is 24.0 Å². The number of ether oxygens (including phenoxy) is 1. The number of nitrogens with two attached hydrogens (primary N) is 1. The summed E-state index contributed by atoms with van der Waals surface area (Å²) in [5.74, 6) is -0.352. The summed E-state index contributed by atoms with van der Waals surface area (Å²) in [5.41, 5.74) is 4.66. The van der Waals surface area contributed by atoms with E-state index in [1.165, 1.54) is 7.11 Å². The minimum atomic E-state index is -4.51. The SMILES string of the molecule is COc1cc(C(F)(F)F)cc(O)c1C1(CN)CC1. The number of aromatic hydroxyl groups is 1. The van der Waals surface area contributed by atoms with Gasteiger partial charge in [0.05, 0.1) is 12.7 Å². The normalized spacial score (nSPS) is 17.6. The Balaban J connectivity index is 2.56. The van der Waals surface area contributed by atoms with Crippen molar-refractivity contribution >= 4 is 0 Å². The van der Waals surface area contributed by atoms with Gasteiger partial charge in [0.2, 0.25) is 0 Å². The Kier molecular flexibility index (Phi) is 2.93. The number of rotatable bonds is 3. The molecular formula is C12H14F3NO2. The summed E-state index contributed by atoms with van der Waals surface area (Å²) in [6, 6.07) is 1.64. The summed E-state index contributed by atoms with van der Waals surface area (Å²) in [7, 11) is 1.28. The van der Waals surface area contributed by atoms with Crippen LogP contribution in [0, 0.1) is 0 Å². The second kappa shape index (κ2) is 4.05. The lowest BCUT2D eigenvalue weighted by Gasteiger charge is -2.20. The van der Waals surface area contributed by atoms with Crippen LogP contribution >= 0.6 is 0 Å². The zero-order valence-electron chi connectivity index (χ0n) is 9.84. The molecule has 3 nitrogen and oxygen atoms in total. The summed E-state index contributed by atoms with van der Waals surface area (Å²) in [5, 5.41) is 9.84. The molecule has 18 heavy (non-hydrogen) atoms. The predicted molar refractivity (Wildman–Crippen MR) is 59.6 cm³/mol. The van der Waals surface area contributed by atoms with E-state index in [0.29, 0.717) is 5.56 Å². The molecule has 0 unspecified atom stereocenters. The van der Waals surface area contributed by atoms with E-state index in [1.54, 1.807) is 0 Å². The van der Waals surface area contributed by atoms with Gasteiger partial charge in [0, 0.05) is 17.5 Å². The molecule has 3 N–H and O–H groups in total. The van der Waals surface area contributed by atoms with E-state index in [1.807, 2.05) is 0 Å². The first-order valence-electron chi connectivity index (χ1n) is 5.53. The quantitative estimate of drug-likeness (QED) is 0.878. The molecular weight excluding hydrogens is 247 g/mol. The number of hydrogen-bond donors (Lipinski definition) is 2. The Morgan fingerprint density at radius 2 is 2.00 bits per heavy atom. The van der Waals surface area contributed by atoms with E-state index in [-0.39, 0.29) is 12.3 Å². The Labute approximate surface area is 102 Å². The van der Waals surface area contributed by atoms with E-state index >= 15 is 0 Å². The highest BCUT2D eigenvalue weighted by molar-refractivity contribution is 5.54. The van der Waals surface area contributed by atoms with Crippen LogP contribution in [-0.2, 0) is 11.6 Å². The number of hydrogen-bond acceptors (Lipinski definition) is 3. The molecule has 1 saturated carbocycles. The highest BCUT2D eigenvalue weighted by Crippen LogP contribution is 2.54. The van der Waals surface area contributed by atoms with Gasteiger partial charge in [-0.1, -0.05) is 0 Å². The maximum Gasteiger partial charge on any atom is 0.416 e. The number of benzene rings is 1. The van der Waals surface area contributed by atoms with Gasteiger partial charge in [-0.05, 0) is 25.0 Å². The average Bonchev–Trinajstić information content (AvgIpc) is 3.07. The van der Waals surface area contributed by atoms with Crippen LogP contribution < -0.4 is 10.5 Å². The molecule has 2 rings (SSSR count). The van der Waals surface area contributed by atoms with Crippen LogP contribution in [0.4, 0.5) is 13.2 Å². The van der Waals surface area contributed by atoms with Crippen molar-refractivity contribution in [3.05, 3.63) is 23.3 Å². The fraction of sp³-hybridized carbons (Fsp3) is 0.500. The first kappa shape index (κ1) is 13.0. The molecule has 6 heteroatoms. The van der Waals surface area contributed by atoms with Crippen molar-refractivity contribution < 1.29 is 23.0 Å². The maximum atomic E-state index is 12.6. The monoisotopic (exact) mass is 261 g/mol. The molecule has 0 amide bonds. The number of methoxy groups -OCH3 is 1. The van der Waals surface area contributed by atoms with Crippen LogP contribution in [0.15, 0.2) is 12.1 Å². The first-order valence-corrected chi connectivity index (χ1v) is 5.53. The number of phenolic OH excluding ortho intramolecular Hbond substituents is 1. The highest BCUT2D eigenvalue weighted by atomic mass is 19.4. The molecule has 1 fully saturated rings. The first-order chi connectivity index (χ1) is 8.34. The molecule has 0 spiro atoms. The van der Waals surface area contributed by atoms with Gasteiger partial charge < -0.3 is 15.6 Å². The molecule has 0 bridgehead atoms. The van der Waals surface area contributed by atoms with Crippen molar-refractivity contribution in [2.75, 3.05) is 13.7 Å². The standard InChI is InChI=1S/C12H14F3NO2/c1-18-9-5-7(12(13,14)15)4-8(17)10(9)11(6-16)2-3-11/h4-5,17H,2-3,6,16H2,1H3. The van der Waals surface area contributed by atoms with Crippen molar-refractivity contribution in [1.82, 2.24) is 0 Å². The molecule has 100 valence electrons. The molecule has 0 saturated heterocycles. The molecule has 0 aromatic heterocycles. The smallest absolute Gasteiger partial charge is 0.416 e. The van der Waals surface area contributed by atoms with E-state index in [0.717, 1.165) is 25.0 Å². The van der Waals surface area contributed by atoms with Crippen LogP contribution in [-0.4, -0.2) is 18.8 Å². The molecule has 1 aromatic carbocycles. The van der Waals surface area contributed by atoms with Gasteiger partial charge in [0.1, 0.15) is 11.5 Å². The average molecular weight is 261 g/mol. The third-order valence-corrected chi connectivity index (χ3v) is 3.40. The van der Waals surface area contributed by atoms with Gasteiger partial charge >= 0.3 is 6.18 Å². The van der Waals surface area contributed by atoms with E-state index in [4.69, 9.17) is 10.5 Å². The number of alkyl halides is 3. The third-order valence-electron chi connectivity index (χ3n) is 3.40. The minimum Gasteiger partial charge on any atom is -0.507 e. The van der Waals surface area contributed by atoms with Gasteiger partial charge in [0.25, 0.3) is 0 Å². The second-order valence-electron chi connectivity index (χ2n) is 4.55. The van der Waals surface area contributed by atoms with Gasteiger partial charge in [-0.3, -0.25) is 0 Å². The van der Waals surface area contributed by atoms with E-state index in [9.17, 15) is 18.3 Å². The molecule has 0 aliphatic heterocycles. The van der Waals surface area contributed by atoms with Crippen LogP contribution in [0.3, 0.4) is 0 Å². The predicted octanol–water partition coefficient (Wildman–Crippen LogP) is 2.41. The summed E-state index contributed by atoms with van der Waals surface area (Å²) >= 11 is 0. The lowest BCUT2D eigenvalue weighted by molar-refractivity contribution is -0.137. The zero-order chi connectivity index (χ0) is 13.6. The molecule has 0 radical (unpaired) electrons. The van der Waals surface area contributed by atoms with Crippen molar-refractivity contribution in [1.29, 1.82) is 0 Å². The maximum absolute atomic E-state index is 12.6. The van der Waals surface area contributed by atoms with Crippen molar-refractivity contribution in [3.8, 4) is 11.5 Å². The van der Waals surface area contributed by atoms with E-state index in [2.05, 4.69) is 0 Å². The van der Waals surface area contributed by atoms with Crippen molar-refractivity contribution in [2.24, 2.45) is 5.73 Å². The highest BCUT2D eigenvalue weighted by Gasteiger charge is 2.47. The minimum absolute atomic E-state index is 0.0466. The van der Waals surface area contributed by atoms with Gasteiger partial charge in [0.15, 0.2) is 0 Å². The second-order valence-corrected chi connectivity index (χ2v) is 4.55. The Hall–Kier alpha value is -1.43. The fourth-order valence-electron chi connectivity index (χ4n) is 2.17. The van der Waals surface area contributed by atoms with Crippen molar-refractivity contribution in [2.45, 2.75) is 24.4 Å². The molecule has 1 aliphatic rings. The third kappa shape index (κ3) is 2.01. The molecule has 1 aromatic rings. The summed E-state index contributed by atoms with van der Waals surface area (Å²) in [6.07, 6.45) is -3.01. The van der Waals surface area contributed by atoms with Gasteiger partial charge in [-0.15, -0.1) is 0 Å². The molecule has 0 heterocycles. The number of halogens is 3. The Morgan fingerprint density at radius 1 is 1.39 bits per heavy atom. The van der Waals surface area contributed by atoms with Crippen LogP contribution in [0.25, 0.3) is 0 Å². The van der Waals surface area contributed by atoms with E-state index < -0.39 is 22.9 Å².